The molecule has 2 aromatic rings. The molecule has 2 aromatic carbocycles. The lowest BCUT2D eigenvalue weighted by Crippen LogP contribution is -2.51. The lowest BCUT2D eigenvalue weighted by Gasteiger charge is -2.25. The van der Waals surface area contributed by atoms with E-state index in [1.807, 2.05) is 6.92 Å². The van der Waals surface area contributed by atoms with Crippen molar-refractivity contribution in [2.75, 3.05) is 5.32 Å². The van der Waals surface area contributed by atoms with Gasteiger partial charge in [0.2, 0.25) is 0 Å². The fraction of sp³-hybridized carbons (Fsp3) is 0.250. The Kier molecular flexibility index (Phi) is 6.49. The maximum atomic E-state index is 12.6. The second-order valence-electron chi connectivity index (χ2n) is 6.02. The van der Waals surface area contributed by atoms with Gasteiger partial charge < -0.3 is 20.5 Å². The highest BCUT2D eigenvalue weighted by Crippen LogP contribution is 2.17. The number of nitrogens with one attached hydrogen (secondary N) is 2. The number of rotatable bonds is 7. The Bertz CT molecular complexity index is 789. The number of aliphatic carboxylic acids is 1. The van der Waals surface area contributed by atoms with E-state index in [1.165, 1.54) is 6.07 Å². The largest absolute Gasteiger partial charge is 0.548 e. The van der Waals surface area contributed by atoms with Crippen molar-refractivity contribution in [1.82, 2.24) is 5.32 Å². The smallest absolute Gasteiger partial charge is 0.255 e. The highest BCUT2D eigenvalue weighted by Gasteiger charge is 2.22. The van der Waals surface area contributed by atoms with Crippen LogP contribution in [0.1, 0.15) is 41.0 Å². The average molecular weight is 353 g/mol. The van der Waals surface area contributed by atoms with Crippen LogP contribution in [-0.2, 0) is 4.79 Å². The average Bonchev–Trinajstić information content (AvgIpc) is 2.66. The SMILES string of the molecule is CC[C@@H](C)[C@H](NC(=O)c1ccccc1NC(=O)c1ccccc1)C(=O)[O-]. The minimum Gasteiger partial charge on any atom is -0.548 e. The number of anilines is 1. The van der Waals surface area contributed by atoms with Crippen molar-refractivity contribution >= 4 is 23.5 Å². The third kappa shape index (κ3) is 4.69. The summed E-state index contributed by atoms with van der Waals surface area (Å²) in [6.45, 7) is 3.56. The Hall–Kier alpha value is -3.15. The number of hydrogen-bond acceptors (Lipinski definition) is 4. The molecule has 0 spiro atoms. The molecule has 0 fully saturated rings. The minimum atomic E-state index is -1.33. The molecule has 0 radical (unpaired) electrons. The normalized spacial score (nSPS) is 12.7. The van der Waals surface area contributed by atoms with Crippen molar-refractivity contribution in [3.63, 3.8) is 0 Å². The first-order valence-electron chi connectivity index (χ1n) is 8.41. The molecule has 0 aromatic heterocycles. The molecular weight excluding hydrogens is 332 g/mol. The van der Waals surface area contributed by atoms with Gasteiger partial charge in [-0.15, -0.1) is 0 Å². The highest BCUT2D eigenvalue weighted by molar-refractivity contribution is 6.09. The lowest BCUT2D eigenvalue weighted by atomic mass is 9.98. The molecule has 26 heavy (non-hydrogen) atoms. The molecule has 6 nitrogen and oxygen atoms in total. The third-order valence-electron chi connectivity index (χ3n) is 4.21. The molecule has 0 saturated carbocycles. The number of carbonyl (C=O) groups excluding carboxylic acids is 3. The molecule has 2 rings (SSSR count). The summed E-state index contributed by atoms with van der Waals surface area (Å²) in [5.41, 5.74) is 0.946. The monoisotopic (exact) mass is 353 g/mol. The summed E-state index contributed by atoms with van der Waals surface area (Å²) in [7, 11) is 0. The number of para-hydroxylation sites is 1. The zero-order valence-corrected chi connectivity index (χ0v) is 14.7. The fourth-order valence-corrected chi connectivity index (χ4v) is 2.46. The molecule has 0 aliphatic carbocycles. The zero-order chi connectivity index (χ0) is 19.1. The van der Waals surface area contributed by atoms with E-state index >= 15 is 0 Å². The van der Waals surface area contributed by atoms with Crippen LogP contribution in [0.2, 0.25) is 0 Å². The van der Waals surface area contributed by atoms with Crippen LogP contribution in [0.25, 0.3) is 0 Å². The van der Waals surface area contributed by atoms with Gasteiger partial charge in [0.1, 0.15) is 0 Å². The number of carboxylic acids is 1. The summed E-state index contributed by atoms with van der Waals surface area (Å²) in [4.78, 5) is 36.2. The van der Waals surface area contributed by atoms with Gasteiger partial charge in [0.25, 0.3) is 11.8 Å². The molecular formula is C20H21N2O4-. The van der Waals surface area contributed by atoms with Crippen molar-refractivity contribution in [3.05, 3.63) is 65.7 Å². The van der Waals surface area contributed by atoms with Gasteiger partial charge in [-0.05, 0) is 30.2 Å². The maximum absolute atomic E-state index is 12.6. The van der Waals surface area contributed by atoms with Crippen LogP contribution in [0.3, 0.4) is 0 Å². The fourth-order valence-electron chi connectivity index (χ4n) is 2.46. The molecule has 0 aliphatic heterocycles. The van der Waals surface area contributed by atoms with Gasteiger partial charge >= 0.3 is 0 Å². The summed E-state index contributed by atoms with van der Waals surface area (Å²) in [5.74, 6) is -2.55. The molecule has 0 heterocycles. The molecule has 2 N–H and O–H groups in total. The molecule has 2 amide bonds. The van der Waals surface area contributed by atoms with Crippen LogP contribution < -0.4 is 15.7 Å². The van der Waals surface area contributed by atoms with Crippen LogP contribution in [0.15, 0.2) is 54.6 Å². The van der Waals surface area contributed by atoms with Gasteiger partial charge in [-0.2, -0.15) is 0 Å². The summed E-state index contributed by atoms with van der Waals surface area (Å²) < 4.78 is 0. The van der Waals surface area contributed by atoms with E-state index in [9.17, 15) is 19.5 Å². The number of benzene rings is 2. The van der Waals surface area contributed by atoms with Crippen molar-refractivity contribution in [1.29, 1.82) is 0 Å². The topological polar surface area (TPSA) is 98.3 Å². The van der Waals surface area contributed by atoms with Crippen LogP contribution in [0, 0.1) is 5.92 Å². The Balaban J connectivity index is 2.21. The minimum absolute atomic E-state index is 0.186. The number of hydrogen-bond donors (Lipinski definition) is 2. The van der Waals surface area contributed by atoms with E-state index < -0.39 is 17.9 Å². The van der Waals surface area contributed by atoms with Gasteiger partial charge in [0.15, 0.2) is 0 Å². The van der Waals surface area contributed by atoms with E-state index in [0.717, 1.165) is 0 Å². The van der Waals surface area contributed by atoms with Crippen LogP contribution in [0.5, 0.6) is 0 Å². The van der Waals surface area contributed by atoms with Crippen LogP contribution in [-0.4, -0.2) is 23.8 Å². The summed E-state index contributed by atoms with van der Waals surface area (Å²) in [6.07, 6.45) is 0.575. The molecule has 136 valence electrons. The van der Waals surface area contributed by atoms with Crippen molar-refractivity contribution in [3.8, 4) is 0 Å². The second kappa shape index (κ2) is 8.80. The van der Waals surface area contributed by atoms with Crippen molar-refractivity contribution in [2.45, 2.75) is 26.3 Å². The van der Waals surface area contributed by atoms with Crippen LogP contribution >= 0.6 is 0 Å². The Morgan fingerprint density at radius 1 is 0.962 bits per heavy atom. The van der Waals surface area contributed by atoms with E-state index in [4.69, 9.17) is 0 Å². The molecule has 0 saturated heterocycles. The highest BCUT2D eigenvalue weighted by atomic mass is 16.4. The standard InChI is InChI=1S/C20H22N2O4/c1-3-13(2)17(20(25)26)22-19(24)15-11-7-8-12-16(15)21-18(23)14-9-5-4-6-10-14/h4-13,17H,3H2,1-2H3,(H,21,23)(H,22,24)(H,25,26)/p-1/t13-,17+/m1/s1. The molecule has 0 unspecified atom stereocenters. The quantitative estimate of drug-likeness (QED) is 0.793. The van der Waals surface area contributed by atoms with Crippen molar-refractivity contribution < 1.29 is 19.5 Å². The van der Waals surface area contributed by atoms with E-state index in [1.54, 1.807) is 55.5 Å². The van der Waals surface area contributed by atoms with Gasteiger partial charge in [0, 0.05) is 5.56 Å². The molecule has 6 heteroatoms. The van der Waals surface area contributed by atoms with E-state index in [2.05, 4.69) is 10.6 Å². The van der Waals surface area contributed by atoms with Crippen LogP contribution in [0.4, 0.5) is 5.69 Å². The number of carboxylic acid groups (broad SMARTS) is 1. The molecule has 2 atom stereocenters. The molecule has 0 bridgehead atoms. The first-order valence-corrected chi connectivity index (χ1v) is 8.41. The summed E-state index contributed by atoms with van der Waals surface area (Å²) in [5, 5.41) is 16.5. The van der Waals surface area contributed by atoms with Gasteiger partial charge in [-0.1, -0.05) is 50.6 Å². The third-order valence-corrected chi connectivity index (χ3v) is 4.21. The van der Waals surface area contributed by atoms with Gasteiger partial charge in [0.05, 0.1) is 23.3 Å². The summed E-state index contributed by atoms with van der Waals surface area (Å²) in [6, 6.07) is 13.9. The maximum Gasteiger partial charge on any atom is 0.255 e. The first-order chi connectivity index (χ1) is 12.4. The predicted molar refractivity (Wildman–Crippen MR) is 96.6 cm³/mol. The van der Waals surface area contributed by atoms with Gasteiger partial charge in [-0.25, -0.2) is 0 Å². The van der Waals surface area contributed by atoms with Crippen molar-refractivity contribution in [2.24, 2.45) is 5.92 Å². The molecule has 0 aliphatic rings. The Labute approximate surface area is 152 Å². The first kappa shape index (κ1) is 19.2. The van der Waals surface area contributed by atoms with E-state index in [-0.39, 0.29) is 17.4 Å². The van der Waals surface area contributed by atoms with Gasteiger partial charge in [-0.3, -0.25) is 9.59 Å². The predicted octanol–water partition coefficient (Wildman–Crippen LogP) is 1.83. The Morgan fingerprint density at radius 2 is 1.58 bits per heavy atom. The lowest BCUT2D eigenvalue weighted by molar-refractivity contribution is -0.309. The second-order valence-corrected chi connectivity index (χ2v) is 6.02. The van der Waals surface area contributed by atoms with E-state index in [0.29, 0.717) is 17.7 Å². The number of carbonyl (C=O) groups is 3. The summed E-state index contributed by atoms with van der Waals surface area (Å²) >= 11 is 0. The zero-order valence-electron chi connectivity index (χ0n) is 14.7. The Morgan fingerprint density at radius 3 is 2.19 bits per heavy atom. The number of amides is 2.